The van der Waals surface area contributed by atoms with Gasteiger partial charge in [0.25, 0.3) is 0 Å². The lowest BCUT2D eigenvalue weighted by molar-refractivity contribution is 0.604. The molecule has 0 N–H and O–H groups in total. The van der Waals surface area contributed by atoms with Gasteiger partial charge in [0.2, 0.25) is 0 Å². The van der Waals surface area contributed by atoms with Gasteiger partial charge in [0.1, 0.15) is 13.2 Å². The van der Waals surface area contributed by atoms with Gasteiger partial charge in [0.15, 0.2) is 5.43 Å². The van der Waals surface area contributed by atoms with Gasteiger partial charge in [-0.15, -0.1) is 0 Å². The van der Waals surface area contributed by atoms with Gasteiger partial charge in [-0.1, -0.05) is 42.3 Å². The first-order chi connectivity index (χ1) is 11.7. The Morgan fingerprint density at radius 3 is 2.82 bits per heavy atom. The Morgan fingerprint density at radius 1 is 1.06 bits per heavy atom. The molecule has 2 aromatic carbocycles. The summed E-state index contributed by atoms with van der Waals surface area (Å²) >= 11 is 0. The van der Waals surface area contributed by atoms with Crippen LogP contribution >= 0.6 is 0 Å². The van der Waals surface area contributed by atoms with E-state index in [1.807, 2.05) is 0 Å². The Hall–Kier alpha value is -2.35. The van der Waals surface area contributed by atoms with Crippen LogP contribution in [0.2, 0.25) is 0 Å². The number of hydrogen-bond donors (Lipinski definition) is 0. The van der Waals surface area contributed by atoms with Gasteiger partial charge in [-0.3, -0.25) is 4.79 Å². The molecule has 0 saturated heterocycles. The summed E-state index contributed by atoms with van der Waals surface area (Å²) in [5, 5.41) is -0.419. The van der Waals surface area contributed by atoms with Gasteiger partial charge in [0, 0.05) is 0 Å². The van der Waals surface area contributed by atoms with Crippen molar-refractivity contribution in [3.8, 4) is 11.1 Å². The Kier molecular flexibility index (Phi) is 1.03. The average molecular weight is 230 g/mol. The fraction of sp³-hybridized carbons (Fsp3) is 0. The van der Waals surface area contributed by atoms with Crippen molar-refractivity contribution in [2.75, 3.05) is 0 Å². The lowest BCUT2D eigenvalue weighted by Crippen LogP contribution is -2.04. The molecule has 17 heavy (non-hydrogen) atoms. The molecule has 1 aromatic heterocycles. The zero-order chi connectivity index (χ0) is 18.6. The van der Waals surface area contributed by atoms with Gasteiger partial charge < -0.3 is 4.42 Å². The molecular formula is C15H10O2. The molecular weight excluding hydrogens is 212 g/mol. The highest BCUT2D eigenvalue weighted by molar-refractivity contribution is 5.81. The van der Waals surface area contributed by atoms with E-state index >= 15 is 0 Å². The summed E-state index contributed by atoms with van der Waals surface area (Å²) in [6.07, 6.45) is -0.673. The predicted octanol–water partition coefficient (Wildman–Crippen LogP) is 3.46. The molecule has 0 radical (unpaired) electrons. The summed E-state index contributed by atoms with van der Waals surface area (Å²) in [6, 6.07) is -0.984. The number of para-hydroxylation sites is 1. The first-order valence-corrected chi connectivity index (χ1v) is 4.77. The first kappa shape index (κ1) is 4.49. The monoisotopic (exact) mass is 230 g/mol. The second kappa shape index (κ2) is 3.91. The molecule has 2 nitrogen and oxygen atoms in total. The van der Waals surface area contributed by atoms with Gasteiger partial charge in [-0.25, -0.2) is 0 Å². The molecule has 0 aliphatic carbocycles. The first-order valence-electron chi connectivity index (χ1n) is 8.77. The summed E-state index contributed by atoms with van der Waals surface area (Å²) in [5.41, 5.74) is -1.80. The largest absolute Gasteiger partial charge is 0.463 e. The van der Waals surface area contributed by atoms with Crippen molar-refractivity contribution in [1.29, 1.82) is 0 Å². The van der Waals surface area contributed by atoms with Crippen LogP contribution < -0.4 is 5.43 Å². The highest BCUT2D eigenvalue weighted by Crippen LogP contribution is 2.18. The van der Waals surface area contributed by atoms with Crippen LogP contribution in [0.3, 0.4) is 0 Å². The van der Waals surface area contributed by atoms with Crippen molar-refractivity contribution in [3.05, 3.63) is 70.9 Å². The summed E-state index contributed by atoms with van der Waals surface area (Å²) in [5.74, 6) is 0. The minimum Gasteiger partial charge on any atom is -0.463 e. The molecule has 0 unspecified atom stereocenters. The van der Waals surface area contributed by atoms with Crippen molar-refractivity contribution >= 4 is 11.0 Å². The van der Waals surface area contributed by atoms with Crippen LogP contribution in [0.1, 0.15) is 11.0 Å². The van der Waals surface area contributed by atoms with Crippen LogP contribution in [0, 0.1) is 0 Å². The third-order valence-electron chi connectivity index (χ3n) is 2.23. The van der Waals surface area contributed by atoms with Crippen molar-refractivity contribution in [2.45, 2.75) is 0 Å². The highest BCUT2D eigenvalue weighted by Gasteiger charge is 2.07. The molecule has 0 atom stereocenters. The Bertz CT molecular complexity index is 1100. The van der Waals surface area contributed by atoms with Crippen molar-refractivity contribution < 1.29 is 15.4 Å². The third-order valence-corrected chi connectivity index (χ3v) is 2.23. The molecule has 0 spiro atoms. The molecule has 3 aromatic rings. The van der Waals surface area contributed by atoms with E-state index in [-0.39, 0.29) is 17.2 Å². The van der Waals surface area contributed by atoms with E-state index in [9.17, 15) is 4.79 Å². The minimum absolute atomic E-state index is 0.103. The van der Waals surface area contributed by atoms with Crippen LogP contribution in [0.5, 0.6) is 0 Å². The van der Waals surface area contributed by atoms with E-state index in [0.29, 0.717) is 0 Å². The van der Waals surface area contributed by atoms with Crippen LogP contribution in [0.25, 0.3) is 22.1 Å². The summed E-state index contributed by atoms with van der Waals surface area (Å²) in [6.45, 7) is 0. The van der Waals surface area contributed by atoms with Crippen LogP contribution in [0.15, 0.2) is 69.9 Å². The highest BCUT2D eigenvalue weighted by atomic mass is 16.3. The van der Waals surface area contributed by atoms with Crippen LogP contribution in [0.4, 0.5) is 0 Å². The molecule has 3 rings (SSSR count). The van der Waals surface area contributed by atoms with E-state index in [2.05, 4.69) is 0 Å². The number of fused-ring (bicyclic) bond motifs is 1. The van der Waals surface area contributed by atoms with Gasteiger partial charge >= 0.3 is 0 Å². The number of benzene rings is 2. The maximum atomic E-state index is 12.8. The van der Waals surface area contributed by atoms with E-state index in [1.165, 1.54) is 12.1 Å². The van der Waals surface area contributed by atoms with Gasteiger partial charge in [0.05, 0.1) is 20.5 Å². The van der Waals surface area contributed by atoms with Crippen LogP contribution in [-0.2, 0) is 0 Å². The van der Waals surface area contributed by atoms with E-state index in [4.69, 9.17) is 15.4 Å². The fourth-order valence-corrected chi connectivity index (χ4v) is 1.45. The van der Waals surface area contributed by atoms with E-state index in [0.717, 1.165) is 0 Å². The Morgan fingerprint density at radius 2 is 1.88 bits per heavy atom. The minimum atomic E-state index is -0.885. The SMILES string of the molecule is [2H]c1ccc(-c2c([2H])oc3c([2H])c([2H])c([2H])c([2H])c3c2=O)c([2H])c1[2H]. The van der Waals surface area contributed by atoms with Gasteiger partial charge in [-0.2, -0.15) is 0 Å². The Labute approximate surface area is 109 Å². The van der Waals surface area contributed by atoms with E-state index < -0.39 is 58.9 Å². The van der Waals surface area contributed by atoms with Crippen molar-refractivity contribution in [2.24, 2.45) is 0 Å². The average Bonchev–Trinajstić information content (AvgIpc) is 2.57. The number of rotatable bonds is 1. The zero-order valence-corrected chi connectivity index (χ0v) is 8.47. The lowest BCUT2D eigenvalue weighted by atomic mass is 10.1. The Balaban J connectivity index is 2.52. The molecule has 0 bridgehead atoms. The van der Waals surface area contributed by atoms with Crippen LogP contribution in [-0.4, -0.2) is 0 Å². The van der Waals surface area contributed by atoms with Gasteiger partial charge in [-0.05, 0) is 17.6 Å². The molecule has 0 aliphatic heterocycles. The quantitative estimate of drug-likeness (QED) is 0.641. The maximum absolute atomic E-state index is 12.8. The predicted molar refractivity (Wildman–Crippen MR) is 67.9 cm³/mol. The topological polar surface area (TPSA) is 30.2 Å². The summed E-state index contributed by atoms with van der Waals surface area (Å²) < 4.78 is 67.2. The maximum Gasteiger partial charge on any atom is 0.200 e. The second-order valence-corrected chi connectivity index (χ2v) is 3.25. The lowest BCUT2D eigenvalue weighted by Gasteiger charge is -2.01. The normalized spacial score (nSPS) is 17.2. The summed E-state index contributed by atoms with van der Waals surface area (Å²) in [4.78, 5) is 12.8. The zero-order valence-electron chi connectivity index (χ0n) is 16.5. The van der Waals surface area contributed by atoms with Crippen molar-refractivity contribution in [1.82, 2.24) is 0 Å². The van der Waals surface area contributed by atoms with E-state index in [1.54, 1.807) is 0 Å². The number of hydrogen-bond acceptors (Lipinski definition) is 2. The molecule has 0 amide bonds. The second-order valence-electron chi connectivity index (χ2n) is 3.25. The molecule has 1 heterocycles. The molecule has 0 aliphatic rings. The smallest absolute Gasteiger partial charge is 0.200 e. The molecule has 2 heteroatoms. The standard InChI is InChI=1S/C15H10O2/c16-15-12-8-4-5-9-14(12)17-10-13(15)11-6-2-1-3-7-11/h1-10H/i1D,2D,4D,5D,6D,8D,9D,10D. The fourth-order valence-electron chi connectivity index (χ4n) is 1.45. The molecule has 0 fully saturated rings. The third kappa shape index (κ3) is 1.64. The summed E-state index contributed by atoms with van der Waals surface area (Å²) in [7, 11) is 0. The molecule has 82 valence electrons. The van der Waals surface area contributed by atoms with Crippen molar-refractivity contribution in [3.63, 3.8) is 0 Å². The molecule has 0 saturated carbocycles.